The largest absolute Gasteiger partial charge is 0.461 e. The summed E-state index contributed by atoms with van der Waals surface area (Å²) in [5, 5.41) is 2.27. The highest BCUT2D eigenvalue weighted by Gasteiger charge is 2.24. The number of nitrogens with zero attached hydrogens (tertiary/aromatic N) is 4. The summed E-state index contributed by atoms with van der Waals surface area (Å²) in [5.41, 5.74) is 1.16. The van der Waals surface area contributed by atoms with Gasteiger partial charge in [0.05, 0.1) is 29.8 Å². The number of aromatic nitrogens is 3. The van der Waals surface area contributed by atoms with Crippen molar-refractivity contribution in [3.8, 4) is 0 Å². The van der Waals surface area contributed by atoms with Gasteiger partial charge in [-0.1, -0.05) is 12.1 Å². The van der Waals surface area contributed by atoms with Crippen molar-refractivity contribution in [2.45, 2.75) is 85.8 Å². The molecule has 39 heavy (non-hydrogen) atoms. The lowest BCUT2D eigenvalue weighted by molar-refractivity contribution is -0.135. The Morgan fingerprint density at radius 3 is 2.49 bits per heavy atom. The van der Waals surface area contributed by atoms with Gasteiger partial charge in [0.15, 0.2) is 5.69 Å². The Balaban J connectivity index is 1.71. The molecule has 1 aromatic carbocycles. The summed E-state index contributed by atoms with van der Waals surface area (Å²) in [6, 6.07) is 7.91. The fourth-order valence-corrected chi connectivity index (χ4v) is 4.42. The van der Waals surface area contributed by atoms with Crippen LogP contribution in [0.3, 0.4) is 0 Å². The van der Waals surface area contributed by atoms with Gasteiger partial charge in [-0.15, -0.1) is 11.3 Å². The minimum atomic E-state index is -0.644. The first-order valence-corrected chi connectivity index (χ1v) is 14.0. The van der Waals surface area contributed by atoms with Crippen LogP contribution in [0.15, 0.2) is 29.6 Å². The summed E-state index contributed by atoms with van der Waals surface area (Å²) < 4.78 is 24.2. The number of benzene rings is 1. The third kappa shape index (κ3) is 9.59. The number of carbonyl (C=O) groups is 2. The molecule has 0 saturated heterocycles. The molecule has 11 heteroatoms. The predicted molar refractivity (Wildman–Crippen MR) is 150 cm³/mol. The maximum absolute atomic E-state index is 13.0. The van der Waals surface area contributed by atoms with E-state index in [1.807, 2.05) is 70.4 Å². The van der Waals surface area contributed by atoms with E-state index in [2.05, 4.69) is 4.98 Å². The zero-order valence-corrected chi connectivity index (χ0v) is 24.8. The molecule has 10 nitrogen and oxygen atoms in total. The lowest BCUT2D eigenvalue weighted by Crippen LogP contribution is -2.37. The molecule has 0 atom stereocenters. The second-order valence-corrected chi connectivity index (χ2v) is 11.9. The van der Waals surface area contributed by atoms with Gasteiger partial charge in [0.1, 0.15) is 30.0 Å². The standard InChI is InChI=1S/C28H40N4O6S/c1-8-36-25(33)21-17-39-24(30-21)16-31(26(34)38-28(5,6)7)15-11-14-23-29-20-12-9-10-13-22(20)32(23)18-35-19-37-27(2,3)4/h9-10,12-13,17H,8,11,14-16,18-19H2,1-7H3. The fourth-order valence-electron chi connectivity index (χ4n) is 3.64. The van der Waals surface area contributed by atoms with Crippen LogP contribution < -0.4 is 0 Å². The smallest absolute Gasteiger partial charge is 0.410 e. The lowest BCUT2D eigenvalue weighted by atomic mass is 10.2. The number of esters is 1. The number of ether oxygens (including phenoxy) is 4. The number of thiazole rings is 1. The van der Waals surface area contributed by atoms with Crippen molar-refractivity contribution in [1.29, 1.82) is 0 Å². The summed E-state index contributed by atoms with van der Waals surface area (Å²) >= 11 is 1.31. The minimum absolute atomic E-state index is 0.170. The van der Waals surface area contributed by atoms with Crippen LogP contribution >= 0.6 is 11.3 Å². The van der Waals surface area contributed by atoms with Gasteiger partial charge in [-0.2, -0.15) is 0 Å². The lowest BCUT2D eigenvalue weighted by Gasteiger charge is -2.27. The van der Waals surface area contributed by atoms with Crippen LogP contribution in [0, 0.1) is 0 Å². The second-order valence-electron chi connectivity index (χ2n) is 11.0. The molecule has 1 amide bonds. The van der Waals surface area contributed by atoms with Crippen LogP contribution in [0.1, 0.15) is 76.2 Å². The highest BCUT2D eigenvalue weighted by Crippen LogP contribution is 2.20. The maximum atomic E-state index is 13.0. The molecule has 3 aromatic rings. The van der Waals surface area contributed by atoms with Crippen LogP contribution in [-0.4, -0.2) is 62.6 Å². The molecule has 0 aliphatic heterocycles. The summed E-state index contributed by atoms with van der Waals surface area (Å²) in [6.45, 7) is 14.6. The molecule has 2 heterocycles. The van der Waals surface area contributed by atoms with Crippen LogP contribution in [0.25, 0.3) is 11.0 Å². The molecule has 0 spiro atoms. The van der Waals surface area contributed by atoms with Gasteiger partial charge in [0, 0.05) is 18.3 Å². The van der Waals surface area contributed by atoms with Crippen LogP contribution in [0.4, 0.5) is 4.79 Å². The van der Waals surface area contributed by atoms with Crippen molar-refractivity contribution >= 4 is 34.4 Å². The summed E-state index contributed by atoms with van der Waals surface area (Å²) in [7, 11) is 0. The first-order valence-electron chi connectivity index (χ1n) is 13.1. The first-order chi connectivity index (χ1) is 18.4. The molecule has 0 N–H and O–H groups in total. The maximum Gasteiger partial charge on any atom is 0.410 e. The average Bonchev–Trinajstić information content (AvgIpc) is 3.44. The average molecular weight is 561 g/mol. The zero-order valence-electron chi connectivity index (χ0n) is 24.0. The Hall–Kier alpha value is -3.02. The van der Waals surface area contributed by atoms with Crippen molar-refractivity contribution in [3.05, 3.63) is 46.2 Å². The second kappa shape index (κ2) is 13.4. The van der Waals surface area contributed by atoms with Crippen LogP contribution in [0.5, 0.6) is 0 Å². The van der Waals surface area contributed by atoms with Gasteiger partial charge < -0.3 is 28.4 Å². The minimum Gasteiger partial charge on any atom is -0.461 e. The molecule has 0 bridgehead atoms. The Morgan fingerprint density at radius 2 is 1.79 bits per heavy atom. The van der Waals surface area contributed by atoms with E-state index in [9.17, 15) is 9.59 Å². The quantitative estimate of drug-likeness (QED) is 0.156. The van der Waals surface area contributed by atoms with Gasteiger partial charge >= 0.3 is 12.1 Å². The third-order valence-electron chi connectivity index (χ3n) is 5.37. The molecule has 0 fully saturated rings. The van der Waals surface area contributed by atoms with E-state index in [-0.39, 0.29) is 31.2 Å². The van der Waals surface area contributed by atoms with E-state index in [4.69, 9.17) is 23.9 Å². The molecular weight excluding hydrogens is 520 g/mol. The van der Waals surface area contributed by atoms with Crippen molar-refractivity contribution < 1.29 is 28.5 Å². The Kier molecular flexibility index (Phi) is 10.5. The van der Waals surface area contributed by atoms with E-state index >= 15 is 0 Å². The molecule has 0 radical (unpaired) electrons. The van der Waals surface area contributed by atoms with E-state index < -0.39 is 17.7 Å². The predicted octanol–water partition coefficient (Wildman–Crippen LogP) is 5.79. The van der Waals surface area contributed by atoms with Gasteiger partial charge in [-0.05, 0) is 67.0 Å². The highest BCUT2D eigenvalue weighted by atomic mass is 32.1. The molecule has 214 valence electrons. The molecule has 0 aliphatic carbocycles. The highest BCUT2D eigenvalue weighted by molar-refractivity contribution is 7.09. The van der Waals surface area contributed by atoms with E-state index in [0.29, 0.717) is 31.1 Å². The number of rotatable bonds is 12. The number of hydrogen-bond donors (Lipinski definition) is 0. The first kappa shape index (κ1) is 30.5. The Bertz CT molecular complexity index is 1240. The van der Waals surface area contributed by atoms with Crippen molar-refractivity contribution in [3.63, 3.8) is 0 Å². The molecule has 0 aliphatic rings. The number of aryl methyl sites for hydroxylation is 1. The number of fused-ring (bicyclic) bond motifs is 1. The van der Waals surface area contributed by atoms with Crippen LogP contribution in [0.2, 0.25) is 0 Å². The Labute approximate surface area is 234 Å². The topological polar surface area (TPSA) is 105 Å². The number of imidazole rings is 1. The molecule has 3 rings (SSSR count). The number of amides is 1. The number of para-hydroxylation sites is 2. The third-order valence-corrected chi connectivity index (χ3v) is 6.21. The molecule has 0 saturated carbocycles. The van der Waals surface area contributed by atoms with Gasteiger partial charge in [0.25, 0.3) is 0 Å². The van der Waals surface area contributed by atoms with E-state index in [1.165, 1.54) is 11.3 Å². The summed E-state index contributed by atoms with van der Waals surface area (Å²) in [4.78, 5) is 35.9. The zero-order chi connectivity index (χ0) is 28.6. The van der Waals surface area contributed by atoms with Crippen molar-refractivity contribution in [2.75, 3.05) is 19.9 Å². The Morgan fingerprint density at radius 1 is 1.05 bits per heavy atom. The van der Waals surface area contributed by atoms with Crippen molar-refractivity contribution in [2.24, 2.45) is 0 Å². The van der Waals surface area contributed by atoms with Gasteiger partial charge in [-0.25, -0.2) is 19.6 Å². The van der Waals surface area contributed by atoms with Gasteiger partial charge in [-0.3, -0.25) is 0 Å². The SMILES string of the molecule is CCOC(=O)c1csc(CN(CCCc2nc3ccccc3n2COCOC(C)(C)C)C(=O)OC(C)(C)C)n1. The number of hydrogen-bond acceptors (Lipinski definition) is 9. The normalized spacial score (nSPS) is 12.1. The summed E-state index contributed by atoms with van der Waals surface area (Å²) in [6.07, 6.45) is 0.812. The molecule has 2 aromatic heterocycles. The summed E-state index contributed by atoms with van der Waals surface area (Å²) in [5.74, 6) is 0.382. The monoisotopic (exact) mass is 560 g/mol. The van der Waals surface area contributed by atoms with Crippen LogP contribution in [-0.2, 0) is 38.6 Å². The molecule has 0 unspecified atom stereocenters. The van der Waals surface area contributed by atoms with Crippen molar-refractivity contribution in [1.82, 2.24) is 19.4 Å². The van der Waals surface area contributed by atoms with Gasteiger partial charge in [0.2, 0.25) is 0 Å². The van der Waals surface area contributed by atoms with E-state index in [0.717, 1.165) is 16.9 Å². The molecular formula is C28H40N4O6S. The van der Waals surface area contributed by atoms with E-state index in [1.54, 1.807) is 17.2 Å². The fraction of sp³-hybridized carbons (Fsp3) is 0.571. The number of carbonyl (C=O) groups excluding carboxylic acids is 2.